The van der Waals surface area contributed by atoms with Gasteiger partial charge in [0.25, 0.3) is 15.2 Å². The van der Waals surface area contributed by atoms with Crippen LogP contribution >= 0.6 is 44.6 Å². The molecule has 77 heavy (non-hydrogen) atoms. The van der Waals surface area contributed by atoms with Crippen LogP contribution in [0.15, 0.2) is 174 Å². The van der Waals surface area contributed by atoms with Crippen LogP contribution in [0.1, 0.15) is 57.5 Å². The van der Waals surface area contributed by atoms with Gasteiger partial charge in [-0.3, -0.25) is 0 Å². The quantitative estimate of drug-likeness (QED) is 0.0451. The lowest BCUT2D eigenvalue weighted by Crippen LogP contribution is -2.32. The van der Waals surface area contributed by atoms with E-state index in [4.69, 9.17) is 19.2 Å². The maximum absolute atomic E-state index is 13.7. The minimum absolute atomic E-state index is 0.00728. The van der Waals surface area contributed by atoms with Crippen molar-refractivity contribution in [2.24, 2.45) is 0 Å². The van der Waals surface area contributed by atoms with Crippen LogP contribution in [-0.2, 0) is 34.9 Å². The molecule has 3 radical (unpaired) electrons. The van der Waals surface area contributed by atoms with E-state index in [2.05, 4.69) is 122 Å². The van der Waals surface area contributed by atoms with Crippen molar-refractivity contribution in [3.05, 3.63) is 226 Å². The van der Waals surface area contributed by atoms with E-state index in [1.54, 1.807) is 33.5 Å². The minimum atomic E-state index is -4.48. The van der Waals surface area contributed by atoms with Crippen molar-refractivity contribution in [1.82, 2.24) is 44.3 Å². The van der Waals surface area contributed by atoms with Crippen molar-refractivity contribution in [2.45, 2.75) is 48.0 Å². The van der Waals surface area contributed by atoms with Crippen molar-refractivity contribution in [2.75, 3.05) is 6.26 Å². The third kappa shape index (κ3) is 11.7. The molecule has 0 spiro atoms. The van der Waals surface area contributed by atoms with Crippen molar-refractivity contribution in [3.8, 4) is 26.5 Å². The molecule has 0 saturated heterocycles. The highest BCUT2D eigenvalue weighted by molar-refractivity contribution is 8.19. The fraction of sp³-hybridized carbons (Fsp3) is 0.130. The van der Waals surface area contributed by atoms with Crippen molar-refractivity contribution in [3.63, 3.8) is 0 Å². The number of thioether (sulfide) groups is 1. The van der Waals surface area contributed by atoms with Crippen LogP contribution < -0.4 is 3.79 Å². The predicted molar refractivity (Wildman–Crippen MR) is 302 cm³/mol. The van der Waals surface area contributed by atoms with Gasteiger partial charge in [-0.15, -0.1) is 23.1 Å². The summed E-state index contributed by atoms with van der Waals surface area (Å²) in [6.45, 7) is 8.38. The van der Waals surface area contributed by atoms with E-state index in [9.17, 15) is 17.6 Å². The molecule has 5 aromatic carbocycles. The summed E-state index contributed by atoms with van der Waals surface area (Å²) in [5.41, 5.74) is 6.40. The van der Waals surface area contributed by atoms with Crippen LogP contribution in [-0.4, -0.2) is 99.0 Å². The van der Waals surface area contributed by atoms with Gasteiger partial charge in [0, 0.05) is 36.4 Å². The Hall–Kier alpha value is -6.23. The Balaban J connectivity index is 0.000000146. The Kier molecular flexibility index (Phi) is 18.1. The van der Waals surface area contributed by atoms with Crippen molar-refractivity contribution in [1.29, 1.82) is 0 Å². The lowest BCUT2D eigenvalue weighted by molar-refractivity contribution is -0.138. The molecular formula is C54H42Al3F4N10O2S4. The summed E-state index contributed by atoms with van der Waals surface area (Å²) in [4.78, 5) is 17.2. The number of hydrogen-bond acceptors (Lipinski definition) is 12. The second kappa shape index (κ2) is 25.0. The number of benzene rings is 5. The SMILES string of the molecule is CCc1ncn(C2=C([O][AlH])c3ccccc3C2(c2ccccc2)c2ccccc2)n1.FC(F)(F)c1cn(-c2sc(-c3ccccc3)nc2[S][AlH])nc1Cc1ccccc1.[C-]#[N+]c1nc([O][AlH])c(-n2cc(SC)c(CF)n2)s1. The smallest absolute Gasteiger partial charge is 0.497 e. The topological polar surface area (TPSA) is 115 Å². The van der Waals surface area contributed by atoms with E-state index < -0.39 is 23.8 Å². The fourth-order valence-corrected chi connectivity index (χ4v) is 13.2. The monoisotopic (exact) mass is 1150 g/mol. The summed E-state index contributed by atoms with van der Waals surface area (Å²) in [6, 6.07) is 48.3. The predicted octanol–water partition coefficient (Wildman–Crippen LogP) is 12.1. The highest BCUT2D eigenvalue weighted by atomic mass is 32.3. The number of fused-ring (bicyclic) bond motifs is 1. The van der Waals surface area contributed by atoms with E-state index >= 15 is 0 Å². The zero-order valence-corrected chi connectivity index (χ0v) is 48.8. The number of hydrogen-bond donors (Lipinski definition) is 0. The van der Waals surface area contributed by atoms with Gasteiger partial charge >= 0.3 is 50.4 Å². The summed E-state index contributed by atoms with van der Waals surface area (Å²) in [6.07, 6.45) is 2.87. The van der Waals surface area contributed by atoms with Crippen LogP contribution in [0.2, 0.25) is 0 Å². The molecule has 23 heteroatoms. The second-order valence-corrected chi connectivity index (χ2v) is 21.5. The number of aryl methyl sites for hydroxylation is 1. The summed E-state index contributed by atoms with van der Waals surface area (Å²) in [5, 5.41) is 16.1. The van der Waals surface area contributed by atoms with Gasteiger partial charge in [-0.25, -0.2) is 38.5 Å². The number of rotatable bonds is 14. The average molecular weight is 1150 g/mol. The Morgan fingerprint density at radius 3 is 1.90 bits per heavy atom. The van der Waals surface area contributed by atoms with Gasteiger partial charge in [0.1, 0.15) is 45.2 Å². The van der Waals surface area contributed by atoms with Gasteiger partial charge in [0.2, 0.25) is 0 Å². The number of allylic oxidation sites excluding steroid dienone is 1. The molecule has 11 rings (SSSR count). The first-order valence-electron chi connectivity index (χ1n) is 23.4. The van der Waals surface area contributed by atoms with Gasteiger partial charge in [-0.05, 0) is 28.5 Å². The van der Waals surface area contributed by atoms with Crippen LogP contribution in [0.5, 0.6) is 5.88 Å². The fourth-order valence-electron chi connectivity index (χ4n) is 8.80. The van der Waals surface area contributed by atoms with Crippen LogP contribution in [0.25, 0.3) is 36.9 Å². The van der Waals surface area contributed by atoms with E-state index in [1.165, 1.54) is 92.5 Å². The molecule has 1 aliphatic rings. The van der Waals surface area contributed by atoms with Gasteiger partial charge < -0.3 is 12.4 Å². The third-order valence-electron chi connectivity index (χ3n) is 12.2. The molecule has 1 aliphatic carbocycles. The molecule has 0 bridgehead atoms. The third-order valence-corrected chi connectivity index (χ3v) is 17.0. The number of thiazole rings is 2. The summed E-state index contributed by atoms with van der Waals surface area (Å²) < 4.78 is 69.7. The van der Waals surface area contributed by atoms with E-state index in [0.717, 1.165) is 67.8 Å². The van der Waals surface area contributed by atoms with Crippen molar-refractivity contribution >= 4 is 110 Å². The van der Waals surface area contributed by atoms with Crippen LogP contribution in [0, 0.1) is 6.57 Å². The van der Waals surface area contributed by atoms with E-state index in [0.29, 0.717) is 26.6 Å². The molecule has 381 valence electrons. The Morgan fingerprint density at radius 1 is 0.727 bits per heavy atom. The number of halogens is 4. The molecule has 5 heterocycles. The maximum Gasteiger partial charge on any atom is 0.497 e. The zero-order valence-electron chi connectivity index (χ0n) is 41.3. The molecule has 10 aromatic rings. The lowest BCUT2D eigenvalue weighted by Gasteiger charge is -2.34. The number of nitrogens with zero attached hydrogens (tertiary/aromatic N) is 10. The molecule has 5 aromatic heterocycles. The van der Waals surface area contributed by atoms with Gasteiger partial charge in [0.05, 0.1) is 21.6 Å². The summed E-state index contributed by atoms with van der Waals surface area (Å²) in [7, 11) is 1.42. The summed E-state index contributed by atoms with van der Waals surface area (Å²) >= 11 is 8.33. The molecule has 0 N–H and O–H groups in total. The molecule has 0 atom stereocenters. The van der Waals surface area contributed by atoms with Crippen LogP contribution in [0.4, 0.5) is 22.7 Å². The van der Waals surface area contributed by atoms with Gasteiger partial charge in [-0.1, -0.05) is 175 Å². The molecule has 0 amide bonds. The van der Waals surface area contributed by atoms with Gasteiger partial charge in [0.15, 0.2) is 10.8 Å². The van der Waals surface area contributed by atoms with Crippen LogP contribution in [0.3, 0.4) is 0 Å². The molecule has 0 unspecified atom stereocenters. The molecule has 12 nitrogen and oxygen atoms in total. The maximum atomic E-state index is 13.7. The lowest BCUT2D eigenvalue weighted by atomic mass is 9.69. The normalized spacial score (nSPS) is 12.5. The molecule has 0 fully saturated rings. The molecular weight excluding hydrogens is 1110 g/mol. The zero-order chi connectivity index (χ0) is 54.1. The number of alkyl halides is 4. The standard InChI is InChI=1S/C25H21N3O.C20H14F3N3S2.C9H7FN4OS2.3Al.3H/c1-2-22-26-17-28(27-22)24-23(29)20-15-9-10-16-21(20)25(24,18-11-5-3-6-12-18)19-13-7-4-8-14-19;21-20(22,23)15-12-26(25-16(15)11-13-7-3-1-4-8-13)19-17(27)24-18(28-19)14-9-5-2-6-10-14;1-11-9-12-7(15)8(17-9)14-4-6(16-2)5(3-10)13-14;;;;;;/h3-17,29H,2H2,1H3;1-10,12,27H,11H2;4,15H,3H2,2H3;;;;;;/q;;;3*+1;;;/p-3. The first kappa shape index (κ1) is 55.5. The number of aromatic nitrogens is 9. The molecule has 0 saturated carbocycles. The second-order valence-electron chi connectivity index (χ2n) is 16.6. The van der Waals surface area contributed by atoms with E-state index in [1.807, 2.05) is 65.8 Å². The first-order chi connectivity index (χ1) is 37.5. The van der Waals surface area contributed by atoms with Gasteiger partial charge in [-0.2, -0.15) is 28.5 Å². The Morgan fingerprint density at radius 2 is 1.34 bits per heavy atom. The largest absolute Gasteiger partial charge is 0.649 e. The Labute approximate surface area is 482 Å². The van der Waals surface area contributed by atoms with E-state index in [-0.39, 0.29) is 17.2 Å². The highest BCUT2D eigenvalue weighted by Crippen LogP contribution is 2.56. The first-order valence-corrected chi connectivity index (χ1v) is 30.2. The molecule has 0 aliphatic heterocycles. The minimum Gasteiger partial charge on any atom is -0.649 e. The van der Waals surface area contributed by atoms with Crippen molar-refractivity contribution < 1.29 is 25.1 Å². The Bertz CT molecular complexity index is 3620. The summed E-state index contributed by atoms with van der Waals surface area (Å²) in [5.74, 6) is 1.99. The average Bonchev–Trinajstić information content (AvgIpc) is 4.54. The highest BCUT2D eigenvalue weighted by Gasteiger charge is 2.50.